The molecule has 0 saturated heterocycles. The van der Waals surface area contributed by atoms with Crippen LogP contribution in [-0.2, 0) is 21.2 Å². The number of sulfonamides is 1. The molecule has 1 aromatic carbocycles. The summed E-state index contributed by atoms with van der Waals surface area (Å²) >= 11 is 0. The number of hydrogen-bond acceptors (Lipinski definition) is 4. The Balaban J connectivity index is 2.72. The van der Waals surface area contributed by atoms with Crippen LogP contribution in [0.25, 0.3) is 0 Å². The van der Waals surface area contributed by atoms with Crippen molar-refractivity contribution in [2.75, 3.05) is 20.3 Å². The Hall–Kier alpha value is -0.950. The van der Waals surface area contributed by atoms with Crippen molar-refractivity contribution in [1.82, 2.24) is 4.72 Å². The summed E-state index contributed by atoms with van der Waals surface area (Å²) in [5.41, 5.74) is 0.904. The topological polar surface area (TPSA) is 75.6 Å². The molecule has 0 fully saturated rings. The van der Waals surface area contributed by atoms with Crippen molar-refractivity contribution >= 4 is 10.0 Å². The highest BCUT2D eigenvalue weighted by Crippen LogP contribution is 2.10. The molecule has 0 spiro atoms. The molecule has 0 aromatic heterocycles. The van der Waals surface area contributed by atoms with Gasteiger partial charge in [0.25, 0.3) is 0 Å². The van der Waals surface area contributed by atoms with Crippen LogP contribution in [0.2, 0.25) is 0 Å². The smallest absolute Gasteiger partial charge is 0.240 e. The first-order valence-corrected chi connectivity index (χ1v) is 7.20. The minimum Gasteiger partial charge on any atom is -0.396 e. The summed E-state index contributed by atoms with van der Waals surface area (Å²) in [6, 6.07) is 6.46. The largest absolute Gasteiger partial charge is 0.396 e. The van der Waals surface area contributed by atoms with Gasteiger partial charge in [-0.15, -0.1) is 0 Å². The van der Waals surface area contributed by atoms with E-state index in [0.29, 0.717) is 6.42 Å². The van der Waals surface area contributed by atoms with E-state index in [1.54, 1.807) is 19.1 Å². The lowest BCUT2D eigenvalue weighted by atomic mass is 10.2. The van der Waals surface area contributed by atoms with Crippen LogP contribution in [-0.4, -0.2) is 39.9 Å². The van der Waals surface area contributed by atoms with Crippen molar-refractivity contribution in [2.45, 2.75) is 24.3 Å². The molecule has 0 amide bonds. The van der Waals surface area contributed by atoms with Gasteiger partial charge < -0.3 is 9.84 Å². The lowest BCUT2D eigenvalue weighted by molar-refractivity contribution is 0.122. The zero-order chi connectivity index (χ0) is 13.6. The van der Waals surface area contributed by atoms with Gasteiger partial charge in [-0.05, 0) is 31.0 Å². The molecule has 6 heteroatoms. The van der Waals surface area contributed by atoms with Crippen LogP contribution >= 0.6 is 0 Å². The molecule has 0 radical (unpaired) electrons. The summed E-state index contributed by atoms with van der Waals surface area (Å²) in [5, 5.41) is 8.78. The monoisotopic (exact) mass is 273 g/mol. The molecule has 1 aromatic rings. The first-order valence-electron chi connectivity index (χ1n) is 5.72. The summed E-state index contributed by atoms with van der Waals surface area (Å²) in [7, 11) is -1.96. The van der Waals surface area contributed by atoms with Crippen LogP contribution in [0.5, 0.6) is 0 Å². The molecule has 2 N–H and O–H groups in total. The second-order valence-corrected chi connectivity index (χ2v) is 5.78. The van der Waals surface area contributed by atoms with Crippen molar-refractivity contribution in [3.05, 3.63) is 29.8 Å². The SMILES string of the molecule is COC(C)CNS(=O)(=O)c1ccc(CCO)cc1. The van der Waals surface area contributed by atoms with Gasteiger partial charge in [-0.3, -0.25) is 0 Å². The molecule has 0 aliphatic rings. The van der Waals surface area contributed by atoms with E-state index in [0.717, 1.165) is 5.56 Å². The van der Waals surface area contributed by atoms with Gasteiger partial charge in [0.1, 0.15) is 0 Å². The van der Waals surface area contributed by atoms with Gasteiger partial charge >= 0.3 is 0 Å². The van der Waals surface area contributed by atoms with E-state index in [4.69, 9.17) is 9.84 Å². The predicted octanol–water partition coefficient (Wildman–Crippen LogP) is 0.535. The Morgan fingerprint density at radius 2 is 1.94 bits per heavy atom. The fraction of sp³-hybridized carbons (Fsp3) is 0.500. The molecule has 1 rings (SSSR count). The fourth-order valence-electron chi connectivity index (χ4n) is 1.36. The maximum absolute atomic E-state index is 11.9. The number of aliphatic hydroxyl groups is 1. The number of hydrogen-bond donors (Lipinski definition) is 2. The highest BCUT2D eigenvalue weighted by Gasteiger charge is 2.14. The quantitative estimate of drug-likeness (QED) is 0.760. The highest BCUT2D eigenvalue weighted by atomic mass is 32.2. The standard InChI is InChI=1S/C12H19NO4S/c1-10(17-2)9-13-18(15,16)12-5-3-11(4-6-12)7-8-14/h3-6,10,13-14H,7-9H2,1-2H3. The molecular formula is C12H19NO4S. The van der Waals surface area contributed by atoms with E-state index in [1.807, 2.05) is 0 Å². The Morgan fingerprint density at radius 1 is 1.33 bits per heavy atom. The third kappa shape index (κ3) is 4.38. The van der Waals surface area contributed by atoms with Crippen molar-refractivity contribution in [3.8, 4) is 0 Å². The Kier molecular flexibility index (Phi) is 5.74. The number of benzene rings is 1. The number of rotatable bonds is 7. The van der Waals surface area contributed by atoms with Crippen molar-refractivity contribution in [2.24, 2.45) is 0 Å². The fourth-order valence-corrected chi connectivity index (χ4v) is 2.47. The van der Waals surface area contributed by atoms with Crippen LogP contribution in [0.1, 0.15) is 12.5 Å². The zero-order valence-corrected chi connectivity index (χ0v) is 11.4. The van der Waals surface area contributed by atoms with Crippen LogP contribution in [0.15, 0.2) is 29.2 Å². The Labute approximate surface area is 108 Å². The highest BCUT2D eigenvalue weighted by molar-refractivity contribution is 7.89. The van der Waals surface area contributed by atoms with Gasteiger partial charge in [0, 0.05) is 20.3 Å². The summed E-state index contributed by atoms with van der Waals surface area (Å²) in [4.78, 5) is 0.215. The zero-order valence-electron chi connectivity index (χ0n) is 10.6. The van der Waals surface area contributed by atoms with E-state index in [9.17, 15) is 8.42 Å². The van der Waals surface area contributed by atoms with Crippen LogP contribution in [0.4, 0.5) is 0 Å². The third-order valence-electron chi connectivity index (χ3n) is 2.60. The number of ether oxygens (including phenoxy) is 1. The number of methoxy groups -OCH3 is 1. The van der Waals surface area contributed by atoms with Gasteiger partial charge in [0.15, 0.2) is 0 Å². The molecule has 1 unspecified atom stereocenters. The second-order valence-electron chi connectivity index (χ2n) is 4.02. The van der Waals surface area contributed by atoms with E-state index >= 15 is 0 Å². The van der Waals surface area contributed by atoms with E-state index in [-0.39, 0.29) is 24.2 Å². The van der Waals surface area contributed by atoms with E-state index in [1.165, 1.54) is 19.2 Å². The maximum Gasteiger partial charge on any atom is 0.240 e. The second kappa shape index (κ2) is 6.84. The Bertz CT molecular complexity index is 455. The van der Waals surface area contributed by atoms with Gasteiger partial charge in [-0.2, -0.15) is 0 Å². The number of nitrogens with one attached hydrogen (secondary N) is 1. The van der Waals surface area contributed by atoms with Crippen LogP contribution in [0.3, 0.4) is 0 Å². The third-order valence-corrected chi connectivity index (χ3v) is 4.04. The molecule has 0 bridgehead atoms. The first-order chi connectivity index (χ1) is 8.49. The average molecular weight is 273 g/mol. The maximum atomic E-state index is 11.9. The molecule has 102 valence electrons. The Morgan fingerprint density at radius 3 is 2.44 bits per heavy atom. The normalized spacial score (nSPS) is 13.5. The van der Waals surface area contributed by atoms with Gasteiger partial charge in [0.2, 0.25) is 10.0 Å². The minimum atomic E-state index is -3.49. The number of aliphatic hydroxyl groups excluding tert-OH is 1. The summed E-state index contributed by atoms with van der Waals surface area (Å²) in [6.07, 6.45) is 0.350. The molecule has 0 saturated carbocycles. The summed E-state index contributed by atoms with van der Waals surface area (Å²) in [5.74, 6) is 0. The molecule has 0 aliphatic heterocycles. The summed E-state index contributed by atoms with van der Waals surface area (Å²) < 4.78 is 31.3. The molecule has 0 heterocycles. The van der Waals surface area contributed by atoms with Crippen molar-refractivity contribution in [1.29, 1.82) is 0 Å². The predicted molar refractivity (Wildman–Crippen MR) is 68.9 cm³/mol. The molecule has 0 aliphatic carbocycles. The van der Waals surface area contributed by atoms with Gasteiger partial charge in [0.05, 0.1) is 11.0 Å². The van der Waals surface area contributed by atoms with Gasteiger partial charge in [-0.25, -0.2) is 13.1 Å². The van der Waals surface area contributed by atoms with Crippen LogP contribution < -0.4 is 4.72 Å². The van der Waals surface area contributed by atoms with E-state index in [2.05, 4.69) is 4.72 Å². The molecular weight excluding hydrogens is 254 g/mol. The molecule has 1 atom stereocenters. The molecule has 5 nitrogen and oxygen atoms in total. The lowest BCUT2D eigenvalue weighted by Crippen LogP contribution is -2.31. The van der Waals surface area contributed by atoms with Crippen molar-refractivity contribution < 1.29 is 18.3 Å². The summed E-state index contributed by atoms with van der Waals surface area (Å²) in [6.45, 7) is 2.07. The minimum absolute atomic E-state index is 0.0513. The van der Waals surface area contributed by atoms with Crippen molar-refractivity contribution in [3.63, 3.8) is 0 Å². The lowest BCUT2D eigenvalue weighted by Gasteiger charge is -2.11. The van der Waals surface area contributed by atoms with Crippen LogP contribution in [0, 0.1) is 0 Å². The van der Waals surface area contributed by atoms with Gasteiger partial charge in [-0.1, -0.05) is 12.1 Å². The first kappa shape index (κ1) is 15.1. The molecule has 18 heavy (non-hydrogen) atoms. The average Bonchev–Trinajstić information content (AvgIpc) is 2.37. The van der Waals surface area contributed by atoms with E-state index < -0.39 is 10.0 Å².